The summed E-state index contributed by atoms with van der Waals surface area (Å²) in [6.45, 7) is 6.28. The van der Waals surface area contributed by atoms with Gasteiger partial charge in [0.05, 0.1) is 0 Å². The van der Waals surface area contributed by atoms with Crippen molar-refractivity contribution < 1.29 is 28.6 Å². The van der Waals surface area contributed by atoms with E-state index in [1.807, 2.05) is 24.3 Å². The third-order valence-electron chi connectivity index (χ3n) is 10.9. The molecule has 64 heavy (non-hydrogen) atoms. The van der Waals surface area contributed by atoms with Gasteiger partial charge in [-0.25, -0.2) is 0 Å². The first-order chi connectivity index (χ1) is 31.5. The first-order valence-electron chi connectivity index (χ1n) is 26.2. The first-order valence-corrected chi connectivity index (χ1v) is 26.2. The smallest absolute Gasteiger partial charge is 0.306 e. The molecule has 0 saturated heterocycles. The summed E-state index contributed by atoms with van der Waals surface area (Å²) in [7, 11) is 0. The predicted molar refractivity (Wildman–Crippen MR) is 274 cm³/mol. The van der Waals surface area contributed by atoms with Gasteiger partial charge in [-0.1, -0.05) is 240 Å². The van der Waals surface area contributed by atoms with Crippen LogP contribution in [0.4, 0.5) is 0 Å². The summed E-state index contributed by atoms with van der Waals surface area (Å²) in [5.74, 6) is -1.10. The molecule has 1 atom stereocenters. The molecule has 0 fully saturated rings. The van der Waals surface area contributed by atoms with Crippen LogP contribution in [0.2, 0.25) is 0 Å². The lowest BCUT2D eigenvalue weighted by Gasteiger charge is -2.18. The maximum absolute atomic E-state index is 12.7. The number of allylic oxidation sites excluding steroid dienone is 16. The zero-order chi connectivity index (χ0) is 46.5. The number of hydrogen-bond donors (Lipinski definition) is 0. The molecule has 0 aromatic rings. The summed E-state index contributed by atoms with van der Waals surface area (Å²) >= 11 is 0. The Bertz CT molecular complexity index is 1300. The highest BCUT2D eigenvalue weighted by atomic mass is 16.6. The maximum atomic E-state index is 12.7. The Hall–Kier alpha value is -3.67. The van der Waals surface area contributed by atoms with E-state index in [4.69, 9.17) is 14.2 Å². The normalized spacial score (nSPS) is 12.9. The highest BCUT2D eigenvalue weighted by Crippen LogP contribution is 2.15. The second-order valence-electron chi connectivity index (χ2n) is 17.0. The van der Waals surface area contributed by atoms with Crippen LogP contribution in [0.3, 0.4) is 0 Å². The van der Waals surface area contributed by atoms with E-state index < -0.39 is 12.1 Å². The van der Waals surface area contributed by atoms with Crippen molar-refractivity contribution in [1.82, 2.24) is 0 Å². The molecule has 0 rings (SSSR count). The Morgan fingerprint density at radius 2 is 0.609 bits per heavy atom. The van der Waals surface area contributed by atoms with E-state index in [-0.39, 0.29) is 38.0 Å². The third kappa shape index (κ3) is 49.3. The molecule has 364 valence electrons. The molecule has 0 aromatic heterocycles. The average molecular weight is 889 g/mol. The summed E-state index contributed by atoms with van der Waals surface area (Å²) in [5, 5.41) is 0. The van der Waals surface area contributed by atoms with E-state index in [0.717, 1.165) is 70.6 Å². The number of carbonyl (C=O) groups excluding carboxylic acids is 3. The molecule has 0 spiro atoms. The number of unbranched alkanes of at least 4 members (excludes halogenated alkanes) is 19. The van der Waals surface area contributed by atoms with E-state index >= 15 is 0 Å². The molecule has 0 aliphatic heterocycles. The zero-order valence-electron chi connectivity index (χ0n) is 41.5. The van der Waals surface area contributed by atoms with Crippen LogP contribution in [0.15, 0.2) is 97.2 Å². The molecule has 6 nitrogen and oxygen atoms in total. The number of carbonyl (C=O) groups is 3. The van der Waals surface area contributed by atoms with E-state index in [1.54, 1.807) is 0 Å². The Labute approximate surface area is 394 Å². The maximum Gasteiger partial charge on any atom is 0.306 e. The molecule has 0 aliphatic rings. The summed E-state index contributed by atoms with van der Waals surface area (Å²) in [6.07, 6.45) is 68.6. The second-order valence-corrected chi connectivity index (χ2v) is 17.0. The molecule has 0 bridgehead atoms. The molecule has 0 saturated carbocycles. The molecule has 0 heterocycles. The fourth-order valence-electron chi connectivity index (χ4n) is 7.00. The van der Waals surface area contributed by atoms with Crippen molar-refractivity contribution in [3.8, 4) is 0 Å². The van der Waals surface area contributed by atoms with E-state index in [0.29, 0.717) is 19.3 Å². The van der Waals surface area contributed by atoms with Crippen molar-refractivity contribution in [2.24, 2.45) is 0 Å². The van der Waals surface area contributed by atoms with Crippen LogP contribution in [0.5, 0.6) is 0 Å². The van der Waals surface area contributed by atoms with Crippen LogP contribution in [-0.2, 0) is 28.6 Å². The van der Waals surface area contributed by atoms with Crippen LogP contribution in [0.1, 0.15) is 233 Å². The van der Waals surface area contributed by atoms with Gasteiger partial charge in [0.1, 0.15) is 13.2 Å². The van der Waals surface area contributed by atoms with Gasteiger partial charge < -0.3 is 14.2 Å². The van der Waals surface area contributed by atoms with E-state index in [2.05, 4.69) is 93.7 Å². The SMILES string of the molecule is CC/C=C\C/C=C\C/C=C\C/C=C\CCC(=O)OCC(COC(=O)CCCCCCCCCCCCCCCCCCCCCC)OC(=O)CC/C=C\C/C=C\C/C=C\C/C=C\CC. The lowest BCUT2D eigenvalue weighted by atomic mass is 10.0. The summed E-state index contributed by atoms with van der Waals surface area (Å²) in [4.78, 5) is 37.9. The molecule has 0 amide bonds. The first kappa shape index (κ1) is 60.3. The van der Waals surface area contributed by atoms with Gasteiger partial charge >= 0.3 is 17.9 Å². The second kappa shape index (κ2) is 52.0. The van der Waals surface area contributed by atoms with Gasteiger partial charge in [-0.15, -0.1) is 0 Å². The molecule has 0 aliphatic carbocycles. The molecular weight excluding hydrogens is 793 g/mol. The molecule has 0 aromatic carbocycles. The summed E-state index contributed by atoms with van der Waals surface area (Å²) in [6, 6.07) is 0. The highest BCUT2D eigenvalue weighted by molar-refractivity contribution is 5.71. The van der Waals surface area contributed by atoms with Crippen LogP contribution < -0.4 is 0 Å². The number of ether oxygens (including phenoxy) is 3. The minimum Gasteiger partial charge on any atom is -0.462 e. The lowest BCUT2D eigenvalue weighted by Crippen LogP contribution is -2.30. The summed E-state index contributed by atoms with van der Waals surface area (Å²) < 4.78 is 16.6. The number of hydrogen-bond acceptors (Lipinski definition) is 6. The van der Waals surface area contributed by atoms with Gasteiger partial charge in [0, 0.05) is 19.3 Å². The van der Waals surface area contributed by atoms with Crippen molar-refractivity contribution in [3.05, 3.63) is 97.2 Å². The minimum atomic E-state index is -0.842. The predicted octanol–water partition coefficient (Wildman–Crippen LogP) is 17.4. The van der Waals surface area contributed by atoms with Crippen molar-refractivity contribution in [2.45, 2.75) is 239 Å². The fourth-order valence-corrected chi connectivity index (χ4v) is 7.00. The Kier molecular flexibility index (Phi) is 49.0. The zero-order valence-corrected chi connectivity index (χ0v) is 41.5. The van der Waals surface area contributed by atoms with Crippen LogP contribution in [-0.4, -0.2) is 37.2 Å². The third-order valence-corrected chi connectivity index (χ3v) is 10.9. The van der Waals surface area contributed by atoms with Crippen molar-refractivity contribution >= 4 is 17.9 Å². The Morgan fingerprint density at radius 1 is 0.328 bits per heavy atom. The topological polar surface area (TPSA) is 78.9 Å². The van der Waals surface area contributed by atoms with E-state index in [1.165, 1.54) is 109 Å². The Morgan fingerprint density at radius 3 is 0.953 bits per heavy atom. The van der Waals surface area contributed by atoms with Crippen LogP contribution in [0, 0.1) is 0 Å². The molecule has 0 N–H and O–H groups in total. The quantitative estimate of drug-likeness (QED) is 0.0262. The van der Waals surface area contributed by atoms with Crippen LogP contribution >= 0.6 is 0 Å². The fraction of sp³-hybridized carbons (Fsp3) is 0.672. The minimum absolute atomic E-state index is 0.127. The molecule has 1 unspecified atom stereocenters. The number of esters is 3. The highest BCUT2D eigenvalue weighted by Gasteiger charge is 2.19. The Balaban J connectivity index is 4.45. The monoisotopic (exact) mass is 889 g/mol. The number of rotatable bonds is 46. The van der Waals surface area contributed by atoms with Crippen molar-refractivity contribution in [2.75, 3.05) is 13.2 Å². The average Bonchev–Trinajstić information content (AvgIpc) is 3.29. The molecular formula is C58H96O6. The van der Waals surface area contributed by atoms with Gasteiger partial charge in [-0.2, -0.15) is 0 Å². The van der Waals surface area contributed by atoms with Crippen molar-refractivity contribution in [3.63, 3.8) is 0 Å². The van der Waals surface area contributed by atoms with Crippen LogP contribution in [0.25, 0.3) is 0 Å². The van der Waals surface area contributed by atoms with Crippen molar-refractivity contribution in [1.29, 1.82) is 0 Å². The largest absolute Gasteiger partial charge is 0.462 e. The lowest BCUT2D eigenvalue weighted by molar-refractivity contribution is -0.166. The van der Waals surface area contributed by atoms with Gasteiger partial charge in [0.15, 0.2) is 6.10 Å². The van der Waals surface area contributed by atoms with E-state index in [9.17, 15) is 14.4 Å². The van der Waals surface area contributed by atoms with Gasteiger partial charge in [-0.05, 0) is 70.6 Å². The standard InChI is InChI=1S/C58H96O6/c1-4-7-10-13-16-19-22-25-26-27-28-29-30-31-34-36-39-42-45-48-51-57(60)63-54-55(64-58(61)52-49-46-43-40-37-33-24-21-18-15-12-9-6-3)53-62-56(59)50-47-44-41-38-35-32-23-20-17-14-11-8-5-2/h8-9,11-12,17-18,20-21,32-33,35,37,41,43-44,46,55H,4-7,10,13-16,19,22-31,34,36,38-40,42,45,47-54H2,1-3H3/b11-8-,12-9-,20-17-,21-18-,35-32-,37-33-,44-41-,46-43-. The van der Waals surface area contributed by atoms with Gasteiger partial charge in [-0.3, -0.25) is 14.4 Å². The van der Waals surface area contributed by atoms with Gasteiger partial charge in [0.2, 0.25) is 0 Å². The molecule has 0 radical (unpaired) electrons. The van der Waals surface area contributed by atoms with Gasteiger partial charge in [0.25, 0.3) is 0 Å². The molecule has 6 heteroatoms. The summed E-state index contributed by atoms with van der Waals surface area (Å²) in [5.41, 5.74) is 0.